The topological polar surface area (TPSA) is 77.2 Å². The fourth-order valence-electron chi connectivity index (χ4n) is 2.03. The standard InChI is InChI=1S/C10H19NO3S/c1-15(13,14)8-4-5-9(12)10(11)6-2-3-7-10/h2-8,11H2,1H3. The number of Topliss-reactive ketones (excluding diaryl/α,β-unsaturated/α-hetero) is 1. The van der Waals surface area contributed by atoms with Crippen molar-refractivity contribution in [3.63, 3.8) is 0 Å². The van der Waals surface area contributed by atoms with Gasteiger partial charge in [0.2, 0.25) is 0 Å². The van der Waals surface area contributed by atoms with E-state index in [2.05, 4.69) is 0 Å². The van der Waals surface area contributed by atoms with Crippen LogP contribution in [0.4, 0.5) is 0 Å². The Morgan fingerprint density at radius 1 is 1.33 bits per heavy atom. The van der Waals surface area contributed by atoms with Gasteiger partial charge in [-0.2, -0.15) is 0 Å². The van der Waals surface area contributed by atoms with E-state index in [4.69, 9.17) is 5.73 Å². The lowest BCUT2D eigenvalue weighted by Crippen LogP contribution is -2.45. The number of rotatable bonds is 5. The summed E-state index contributed by atoms with van der Waals surface area (Å²) in [6, 6.07) is 0. The third kappa shape index (κ3) is 3.91. The zero-order valence-corrected chi connectivity index (χ0v) is 9.98. The maximum atomic E-state index is 11.7. The Kier molecular flexibility index (Phi) is 3.89. The minimum absolute atomic E-state index is 0.0312. The molecule has 0 spiro atoms. The Morgan fingerprint density at radius 3 is 2.33 bits per heavy atom. The van der Waals surface area contributed by atoms with Gasteiger partial charge in [-0.25, -0.2) is 8.42 Å². The van der Waals surface area contributed by atoms with E-state index >= 15 is 0 Å². The molecule has 0 bridgehead atoms. The molecule has 1 fully saturated rings. The highest BCUT2D eigenvalue weighted by Crippen LogP contribution is 2.29. The molecular formula is C10H19NO3S. The number of carbonyl (C=O) groups excluding carboxylic acids is 1. The quantitative estimate of drug-likeness (QED) is 0.756. The van der Waals surface area contributed by atoms with Gasteiger partial charge in [0.05, 0.1) is 11.3 Å². The monoisotopic (exact) mass is 233 g/mol. The summed E-state index contributed by atoms with van der Waals surface area (Å²) in [5.41, 5.74) is 5.30. The third-order valence-corrected chi connectivity index (χ3v) is 4.00. The second kappa shape index (κ2) is 4.61. The van der Waals surface area contributed by atoms with Crippen LogP contribution in [0, 0.1) is 0 Å². The molecule has 0 radical (unpaired) electrons. The molecule has 0 aliphatic heterocycles. The normalized spacial score (nSPS) is 20.4. The molecule has 15 heavy (non-hydrogen) atoms. The van der Waals surface area contributed by atoms with Gasteiger partial charge in [-0.1, -0.05) is 12.8 Å². The molecule has 0 amide bonds. The summed E-state index contributed by atoms with van der Waals surface area (Å²) in [6.45, 7) is 0. The van der Waals surface area contributed by atoms with E-state index in [-0.39, 0.29) is 11.5 Å². The minimum atomic E-state index is -2.96. The summed E-state index contributed by atoms with van der Waals surface area (Å²) in [6.07, 6.45) is 5.41. The Morgan fingerprint density at radius 2 is 1.87 bits per heavy atom. The lowest BCUT2D eigenvalue weighted by molar-refractivity contribution is -0.124. The van der Waals surface area contributed by atoms with E-state index in [0.29, 0.717) is 12.8 Å². The second-order valence-corrected chi connectivity index (χ2v) is 6.78. The number of nitrogens with two attached hydrogens (primary N) is 1. The molecule has 0 aromatic carbocycles. The molecule has 1 aliphatic carbocycles. The number of sulfone groups is 1. The van der Waals surface area contributed by atoms with Crippen molar-refractivity contribution in [2.45, 2.75) is 44.1 Å². The van der Waals surface area contributed by atoms with Crippen LogP contribution in [0.2, 0.25) is 0 Å². The van der Waals surface area contributed by atoms with Gasteiger partial charge in [0.25, 0.3) is 0 Å². The third-order valence-electron chi connectivity index (χ3n) is 2.97. The van der Waals surface area contributed by atoms with Crippen LogP contribution in [0.3, 0.4) is 0 Å². The molecule has 4 nitrogen and oxygen atoms in total. The van der Waals surface area contributed by atoms with Crippen LogP contribution in [0.15, 0.2) is 0 Å². The highest BCUT2D eigenvalue weighted by atomic mass is 32.2. The maximum Gasteiger partial charge on any atom is 0.152 e. The molecule has 0 aromatic rings. The Hall–Kier alpha value is -0.420. The fourth-order valence-corrected chi connectivity index (χ4v) is 2.70. The van der Waals surface area contributed by atoms with Gasteiger partial charge in [0, 0.05) is 12.7 Å². The molecule has 0 heterocycles. The molecule has 88 valence electrons. The van der Waals surface area contributed by atoms with Crippen LogP contribution in [0.1, 0.15) is 38.5 Å². The molecule has 1 aliphatic rings. The Labute approximate surface area is 91.1 Å². The van der Waals surface area contributed by atoms with Gasteiger partial charge in [0.1, 0.15) is 9.84 Å². The van der Waals surface area contributed by atoms with Crippen molar-refractivity contribution in [2.75, 3.05) is 12.0 Å². The van der Waals surface area contributed by atoms with Gasteiger partial charge in [-0.05, 0) is 19.3 Å². The highest BCUT2D eigenvalue weighted by molar-refractivity contribution is 7.90. The lowest BCUT2D eigenvalue weighted by Gasteiger charge is -2.21. The van der Waals surface area contributed by atoms with E-state index in [9.17, 15) is 13.2 Å². The van der Waals surface area contributed by atoms with Crippen molar-refractivity contribution in [1.82, 2.24) is 0 Å². The molecule has 0 aromatic heterocycles. The van der Waals surface area contributed by atoms with Crippen LogP contribution in [0.25, 0.3) is 0 Å². The van der Waals surface area contributed by atoms with Crippen LogP contribution in [-0.2, 0) is 14.6 Å². The van der Waals surface area contributed by atoms with Crippen LogP contribution >= 0.6 is 0 Å². The van der Waals surface area contributed by atoms with Crippen LogP contribution in [-0.4, -0.2) is 31.7 Å². The lowest BCUT2D eigenvalue weighted by atomic mass is 9.91. The first-order chi connectivity index (χ1) is 6.83. The van der Waals surface area contributed by atoms with Crippen LogP contribution in [0.5, 0.6) is 0 Å². The van der Waals surface area contributed by atoms with Crippen molar-refractivity contribution < 1.29 is 13.2 Å². The maximum absolute atomic E-state index is 11.7. The first-order valence-electron chi connectivity index (χ1n) is 5.33. The van der Waals surface area contributed by atoms with E-state index in [1.54, 1.807) is 0 Å². The summed E-state index contributed by atoms with van der Waals surface area (Å²) in [4.78, 5) is 11.7. The summed E-state index contributed by atoms with van der Waals surface area (Å²) >= 11 is 0. The number of hydrogen-bond donors (Lipinski definition) is 1. The predicted octanol–water partition coefficient (Wildman–Crippen LogP) is 0.652. The highest BCUT2D eigenvalue weighted by Gasteiger charge is 2.35. The smallest absolute Gasteiger partial charge is 0.152 e. The Bertz CT molecular complexity index is 329. The largest absolute Gasteiger partial charge is 0.319 e. The van der Waals surface area contributed by atoms with Gasteiger partial charge in [0.15, 0.2) is 5.78 Å². The second-order valence-electron chi connectivity index (χ2n) is 4.52. The minimum Gasteiger partial charge on any atom is -0.319 e. The van der Waals surface area contributed by atoms with Gasteiger partial charge in [-0.3, -0.25) is 4.79 Å². The molecule has 5 heteroatoms. The zero-order chi connectivity index (χ0) is 11.5. The van der Waals surface area contributed by atoms with Gasteiger partial charge >= 0.3 is 0 Å². The van der Waals surface area contributed by atoms with Crippen molar-refractivity contribution in [1.29, 1.82) is 0 Å². The van der Waals surface area contributed by atoms with Gasteiger partial charge < -0.3 is 5.73 Å². The molecule has 2 N–H and O–H groups in total. The van der Waals surface area contributed by atoms with Crippen molar-refractivity contribution in [3.05, 3.63) is 0 Å². The predicted molar refractivity (Wildman–Crippen MR) is 59.3 cm³/mol. The summed E-state index contributed by atoms with van der Waals surface area (Å²) in [5, 5.41) is 0. The molecular weight excluding hydrogens is 214 g/mol. The van der Waals surface area contributed by atoms with Crippen molar-refractivity contribution >= 4 is 15.6 Å². The summed E-state index contributed by atoms with van der Waals surface area (Å²) in [5.74, 6) is 0.109. The first kappa shape index (κ1) is 12.6. The summed E-state index contributed by atoms with van der Waals surface area (Å²) in [7, 11) is -2.96. The fraction of sp³-hybridized carbons (Fsp3) is 0.900. The van der Waals surface area contributed by atoms with Gasteiger partial charge in [-0.15, -0.1) is 0 Å². The van der Waals surface area contributed by atoms with Crippen molar-refractivity contribution in [2.24, 2.45) is 5.73 Å². The SMILES string of the molecule is CS(=O)(=O)CCCC(=O)C1(N)CCCC1. The van der Waals surface area contributed by atoms with Crippen LogP contribution < -0.4 is 5.73 Å². The molecule has 0 atom stereocenters. The summed E-state index contributed by atoms with van der Waals surface area (Å²) < 4.78 is 21.7. The Balaban J connectivity index is 2.36. The average Bonchev–Trinajstić information content (AvgIpc) is 2.51. The number of hydrogen-bond acceptors (Lipinski definition) is 4. The number of carbonyl (C=O) groups is 1. The average molecular weight is 233 g/mol. The molecule has 1 rings (SSSR count). The molecule has 0 unspecified atom stereocenters. The van der Waals surface area contributed by atoms with E-state index in [1.165, 1.54) is 6.26 Å². The number of ketones is 1. The molecule has 0 saturated heterocycles. The molecule has 1 saturated carbocycles. The van der Waals surface area contributed by atoms with E-state index in [0.717, 1.165) is 25.7 Å². The first-order valence-corrected chi connectivity index (χ1v) is 7.39. The van der Waals surface area contributed by atoms with Crippen molar-refractivity contribution in [3.8, 4) is 0 Å². The zero-order valence-electron chi connectivity index (χ0n) is 9.16. The van der Waals surface area contributed by atoms with E-state index < -0.39 is 15.4 Å². The van der Waals surface area contributed by atoms with E-state index in [1.807, 2.05) is 0 Å².